The normalized spacial score (nSPS) is 16.4. The molecule has 3 heteroatoms. The van der Waals surface area contributed by atoms with Crippen LogP contribution >= 0.6 is 0 Å². The molecule has 0 aromatic heterocycles. The van der Waals surface area contributed by atoms with Gasteiger partial charge in [0.05, 0.1) is 0 Å². The molecule has 0 amide bonds. The van der Waals surface area contributed by atoms with Crippen molar-refractivity contribution in [3.63, 3.8) is 0 Å². The molecule has 0 radical (unpaired) electrons. The molecule has 1 aliphatic heterocycles. The fourth-order valence-corrected chi connectivity index (χ4v) is 0.777. The molecule has 0 aliphatic carbocycles. The third-order valence-corrected chi connectivity index (χ3v) is 1.63. The minimum absolute atomic E-state index is 0.819. The van der Waals surface area contributed by atoms with E-state index in [0.717, 1.165) is 19.7 Å². The van der Waals surface area contributed by atoms with Crippen LogP contribution in [0.5, 0.6) is 0 Å². The Morgan fingerprint density at radius 1 is 1.23 bits per heavy atom. The summed E-state index contributed by atoms with van der Waals surface area (Å²) in [4.78, 5) is 2.33. The van der Waals surface area contributed by atoms with Crippen molar-refractivity contribution < 1.29 is 4.74 Å². The van der Waals surface area contributed by atoms with Crippen LogP contribution in [0.1, 0.15) is 20.8 Å². The molecule has 1 aliphatic rings. The van der Waals surface area contributed by atoms with Crippen molar-refractivity contribution in [3.05, 3.63) is 0 Å². The molecule has 0 saturated carbocycles. The molecule has 1 saturated heterocycles. The monoisotopic (exact) mass is 190 g/mol. The molecule has 3 nitrogen and oxygen atoms in total. The first-order valence-electron chi connectivity index (χ1n) is 5.19. The summed E-state index contributed by atoms with van der Waals surface area (Å²) < 4.78 is 4.54. The maximum absolute atomic E-state index is 4.54. The lowest BCUT2D eigenvalue weighted by molar-refractivity contribution is 0.215. The molecule has 0 unspecified atom stereocenters. The lowest BCUT2D eigenvalue weighted by Gasteiger charge is -2.21. The number of rotatable bonds is 1. The number of hydrogen-bond donors (Lipinski definition) is 1. The number of hydrogen-bond acceptors (Lipinski definition) is 3. The van der Waals surface area contributed by atoms with Gasteiger partial charge in [0.25, 0.3) is 0 Å². The van der Waals surface area contributed by atoms with E-state index in [0.29, 0.717) is 0 Å². The predicted molar refractivity (Wildman–Crippen MR) is 59.3 cm³/mol. The molecule has 0 bridgehead atoms. The van der Waals surface area contributed by atoms with Gasteiger partial charge in [0.1, 0.15) is 0 Å². The summed E-state index contributed by atoms with van der Waals surface area (Å²) in [5.74, 6) is 0. The third kappa shape index (κ3) is 14.7. The lowest BCUT2D eigenvalue weighted by Crippen LogP contribution is -2.40. The van der Waals surface area contributed by atoms with Crippen LogP contribution in [0.25, 0.3) is 0 Å². The van der Waals surface area contributed by atoms with Crippen molar-refractivity contribution in [1.29, 1.82) is 0 Å². The Balaban J connectivity index is 0. The maximum Gasteiger partial charge on any atom is 0.0433 e. The highest BCUT2D eigenvalue weighted by molar-refractivity contribution is 4.62. The number of nitrogens with zero attached hydrogens (tertiary/aromatic N) is 1. The molecule has 0 aromatic rings. The zero-order chi connectivity index (χ0) is 10.5. The average Bonchev–Trinajstić information content (AvgIpc) is 2.22. The smallest absolute Gasteiger partial charge is 0.0433 e. The van der Waals surface area contributed by atoms with E-state index in [1.807, 2.05) is 20.8 Å². The van der Waals surface area contributed by atoms with Crippen LogP contribution in [0, 0.1) is 0 Å². The van der Waals surface area contributed by atoms with Gasteiger partial charge in [-0.1, -0.05) is 13.8 Å². The van der Waals surface area contributed by atoms with Gasteiger partial charge in [-0.2, -0.15) is 0 Å². The molecular weight excluding hydrogens is 164 g/mol. The van der Waals surface area contributed by atoms with Crippen molar-refractivity contribution in [1.82, 2.24) is 10.2 Å². The lowest BCUT2D eigenvalue weighted by atomic mass is 10.4. The zero-order valence-corrected chi connectivity index (χ0v) is 9.89. The number of methoxy groups -OCH3 is 1. The Morgan fingerprint density at radius 2 is 1.62 bits per heavy atom. The van der Waals surface area contributed by atoms with Gasteiger partial charge in [-0.05, 0) is 14.0 Å². The Morgan fingerprint density at radius 3 is 1.77 bits per heavy atom. The second-order valence-corrected chi connectivity index (χ2v) is 2.63. The standard InChI is InChI=1S/C5H12N2.C3H8O.C2H6/c1-7-4-2-6-3-5-7;1-3-4-2;1-2/h6H,2-5H2,1H3;3H2,1-2H3;1-2H3. The highest BCUT2D eigenvalue weighted by Crippen LogP contribution is 1.83. The summed E-state index contributed by atoms with van der Waals surface area (Å²) in [6.07, 6.45) is 0. The van der Waals surface area contributed by atoms with Gasteiger partial charge in [0.15, 0.2) is 0 Å². The van der Waals surface area contributed by atoms with Crippen LogP contribution in [0.4, 0.5) is 0 Å². The van der Waals surface area contributed by atoms with E-state index in [9.17, 15) is 0 Å². The van der Waals surface area contributed by atoms with E-state index in [2.05, 4.69) is 22.0 Å². The van der Waals surface area contributed by atoms with Gasteiger partial charge < -0.3 is 15.0 Å². The second-order valence-electron chi connectivity index (χ2n) is 2.63. The van der Waals surface area contributed by atoms with Gasteiger partial charge in [-0.25, -0.2) is 0 Å². The fourth-order valence-electron chi connectivity index (χ4n) is 0.777. The first-order chi connectivity index (χ1) is 6.31. The van der Waals surface area contributed by atoms with Gasteiger partial charge >= 0.3 is 0 Å². The molecular formula is C10H26N2O. The van der Waals surface area contributed by atoms with Crippen molar-refractivity contribution in [2.24, 2.45) is 0 Å². The summed E-state index contributed by atoms with van der Waals surface area (Å²) >= 11 is 0. The van der Waals surface area contributed by atoms with Crippen LogP contribution in [0.15, 0.2) is 0 Å². The van der Waals surface area contributed by atoms with Crippen molar-refractivity contribution in [3.8, 4) is 0 Å². The Hall–Kier alpha value is -0.120. The Kier molecular flexibility index (Phi) is 17.0. The van der Waals surface area contributed by atoms with Gasteiger partial charge in [0.2, 0.25) is 0 Å². The number of ether oxygens (including phenoxy) is 1. The van der Waals surface area contributed by atoms with E-state index in [1.165, 1.54) is 13.1 Å². The first-order valence-corrected chi connectivity index (χ1v) is 5.19. The highest BCUT2D eigenvalue weighted by Gasteiger charge is 2.01. The molecule has 1 heterocycles. The minimum Gasteiger partial charge on any atom is -0.385 e. The van der Waals surface area contributed by atoms with E-state index < -0.39 is 0 Å². The first kappa shape index (κ1) is 15.4. The summed E-state index contributed by atoms with van der Waals surface area (Å²) in [5, 5.41) is 3.27. The van der Waals surface area contributed by atoms with E-state index in [4.69, 9.17) is 0 Å². The van der Waals surface area contributed by atoms with Gasteiger partial charge in [0, 0.05) is 39.9 Å². The number of piperazine rings is 1. The average molecular weight is 190 g/mol. The Bertz CT molecular complexity index is 71.3. The van der Waals surface area contributed by atoms with Gasteiger partial charge in [-0.15, -0.1) is 0 Å². The molecule has 0 spiro atoms. The highest BCUT2D eigenvalue weighted by atomic mass is 16.5. The van der Waals surface area contributed by atoms with E-state index in [1.54, 1.807) is 7.11 Å². The molecule has 1 N–H and O–H groups in total. The summed E-state index contributed by atoms with van der Waals surface area (Å²) in [6, 6.07) is 0. The summed E-state index contributed by atoms with van der Waals surface area (Å²) in [5.41, 5.74) is 0. The van der Waals surface area contributed by atoms with Crippen LogP contribution in [-0.4, -0.2) is 51.8 Å². The zero-order valence-electron chi connectivity index (χ0n) is 9.89. The van der Waals surface area contributed by atoms with Crippen molar-refractivity contribution >= 4 is 0 Å². The van der Waals surface area contributed by atoms with Crippen molar-refractivity contribution in [2.75, 3.05) is 46.9 Å². The third-order valence-electron chi connectivity index (χ3n) is 1.63. The van der Waals surface area contributed by atoms with Crippen molar-refractivity contribution in [2.45, 2.75) is 20.8 Å². The Labute approximate surface area is 83.5 Å². The van der Waals surface area contributed by atoms with Crippen LogP contribution in [-0.2, 0) is 4.74 Å². The topological polar surface area (TPSA) is 24.5 Å². The van der Waals surface area contributed by atoms with E-state index >= 15 is 0 Å². The molecule has 1 fully saturated rings. The molecule has 82 valence electrons. The SMILES string of the molecule is CC.CCOC.CN1CCNCC1. The molecule has 1 rings (SSSR count). The minimum atomic E-state index is 0.819. The maximum atomic E-state index is 4.54. The molecule has 0 atom stereocenters. The number of likely N-dealkylation sites (N-methyl/N-ethyl adjacent to an activating group) is 1. The van der Waals surface area contributed by atoms with Gasteiger partial charge in [-0.3, -0.25) is 0 Å². The predicted octanol–water partition coefficient (Wildman–Crippen LogP) is 1.20. The molecule has 0 aromatic carbocycles. The quantitative estimate of drug-likeness (QED) is 0.672. The largest absolute Gasteiger partial charge is 0.385 e. The van der Waals surface area contributed by atoms with Crippen LogP contribution in [0.3, 0.4) is 0 Å². The van der Waals surface area contributed by atoms with Crippen LogP contribution < -0.4 is 5.32 Å². The number of nitrogens with one attached hydrogen (secondary N) is 1. The summed E-state index contributed by atoms with van der Waals surface area (Å²) in [7, 11) is 3.83. The summed E-state index contributed by atoms with van der Waals surface area (Å²) in [6.45, 7) is 11.5. The van der Waals surface area contributed by atoms with Crippen LogP contribution in [0.2, 0.25) is 0 Å². The van der Waals surface area contributed by atoms with E-state index in [-0.39, 0.29) is 0 Å². The second kappa shape index (κ2) is 14.4. The molecule has 13 heavy (non-hydrogen) atoms. The fraction of sp³-hybridized carbons (Fsp3) is 1.00.